The number of piperazine rings is 1. The van der Waals surface area contributed by atoms with Crippen molar-refractivity contribution in [2.24, 2.45) is 4.99 Å². The zero-order chi connectivity index (χ0) is 17.6. The zero-order valence-electron chi connectivity index (χ0n) is 15.4. The molecule has 0 amide bonds. The molecule has 0 radical (unpaired) electrons. The van der Waals surface area contributed by atoms with Gasteiger partial charge in [-0.15, -0.1) is 0 Å². The Balaban J connectivity index is 1.42. The van der Waals surface area contributed by atoms with Gasteiger partial charge in [0.1, 0.15) is 0 Å². The third-order valence-corrected chi connectivity index (χ3v) is 4.85. The van der Waals surface area contributed by atoms with Crippen LogP contribution >= 0.6 is 0 Å². The highest BCUT2D eigenvalue weighted by Gasteiger charge is 2.22. The van der Waals surface area contributed by atoms with E-state index in [0.29, 0.717) is 12.8 Å². The van der Waals surface area contributed by atoms with Crippen molar-refractivity contribution in [2.75, 3.05) is 60.7 Å². The lowest BCUT2D eigenvalue weighted by Gasteiger charge is -2.37. The van der Waals surface area contributed by atoms with Gasteiger partial charge >= 0.3 is 0 Å². The molecule has 3 rings (SSSR count). The van der Waals surface area contributed by atoms with Gasteiger partial charge < -0.3 is 25.0 Å². The number of nitrogens with zero attached hydrogens (tertiary/aromatic N) is 3. The molecule has 138 valence electrons. The molecule has 1 unspecified atom stereocenters. The Labute approximate surface area is 150 Å². The van der Waals surface area contributed by atoms with Crippen LogP contribution in [-0.2, 0) is 6.42 Å². The highest BCUT2D eigenvalue weighted by molar-refractivity contribution is 5.79. The third kappa shape index (κ3) is 4.76. The van der Waals surface area contributed by atoms with E-state index in [1.165, 1.54) is 5.56 Å². The molecule has 2 heterocycles. The molecule has 2 aliphatic rings. The molecule has 1 aromatic rings. The minimum Gasteiger partial charge on any atom is -0.454 e. The molecule has 0 saturated carbocycles. The molecule has 0 aliphatic carbocycles. The van der Waals surface area contributed by atoms with Crippen LogP contribution in [0.3, 0.4) is 0 Å². The SMILES string of the molecule is CN=C(NCCc1ccc2c(c1)OCO2)NCC1CN(C)CCN1C. The zero-order valence-corrected chi connectivity index (χ0v) is 15.4. The summed E-state index contributed by atoms with van der Waals surface area (Å²) in [5.41, 5.74) is 1.22. The minimum atomic E-state index is 0.318. The highest BCUT2D eigenvalue weighted by Crippen LogP contribution is 2.32. The summed E-state index contributed by atoms with van der Waals surface area (Å²) in [6, 6.07) is 6.61. The van der Waals surface area contributed by atoms with E-state index in [0.717, 1.165) is 56.6 Å². The number of fused-ring (bicyclic) bond motifs is 1. The monoisotopic (exact) mass is 347 g/mol. The van der Waals surface area contributed by atoms with E-state index in [2.05, 4.69) is 45.6 Å². The maximum absolute atomic E-state index is 5.42. The van der Waals surface area contributed by atoms with Crippen molar-refractivity contribution in [3.8, 4) is 11.5 Å². The second-order valence-corrected chi connectivity index (χ2v) is 6.71. The summed E-state index contributed by atoms with van der Waals surface area (Å²) in [7, 11) is 6.18. The van der Waals surface area contributed by atoms with E-state index < -0.39 is 0 Å². The molecule has 1 aromatic carbocycles. The van der Waals surface area contributed by atoms with Crippen molar-refractivity contribution in [2.45, 2.75) is 12.5 Å². The number of hydrogen-bond donors (Lipinski definition) is 2. The number of aliphatic imine (C=N–C) groups is 1. The van der Waals surface area contributed by atoms with Gasteiger partial charge in [-0.3, -0.25) is 9.89 Å². The number of benzene rings is 1. The summed E-state index contributed by atoms with van der Waals surface area (Å²) in [4.78, 5) is 9.11. The largest absolute Gasteiger partial charge is 0.454 e. The Kier molecular flexibility index (Phi) is 5.99. The van der Waals surface area contributed by atoms with Crippen LogP contribution in [-0.4, -0.2) is 82.5 Å². The van der Waals surface area contributed by atoms with Crippen LogP contribution in [0.25, 0.3) is 0 Å². The van der Waals surface area contributed by atoms with Gasteiger partial charge in [-0.2, -0.15) is 0 Å². The van der Waals surface area contributed by atoms with Crippen molar-refractivity contribution < 1.29 is 9.47 Å². The molecule has 0 bridgehead atoms. The van der Waals surface area contributed by atoms with Gasteiger partial charge in [-0.25, -0.2) is 0 Å². The maximum Gasteiger partial charge on any atom is 0.231 e. The molecule has 7 heteroatoms. The molecular weight excluding hydrogens is 318 g/mol. The molecular formula is C18H29N5O2. The van der Waals surface area contributed by atoms with Crippen LogP contribution in [0, 0.1) is 0 Å². The van der Waals surface area contributed by atoms with Gasteiger partial charge in [0.05, 0.1) is 0 Å². The topological polar surface area (TPSA) is 61.4 Å². The summed E-state index contributed by atoms with van der Waals surface area (Å²) >= 11 is 0. The maximum atomic E-state index is 5.42. The first-order valence-electron chi connectivity index (χ1n) is 8.87. The summed E-state index contributed by atoms with van der Waals surface area (Å²) in [5.74, 6) is 2.52. The Hall–Kier alpha value is -1.99. The fraction of sp³-hybridized carbons (Fsp3) is 0.611. The standard InChI is InChI=1S/C18H29N5O2/c1-19-18(21-11-15-12-22(2)8-9-23(15)3)20-7-6-14-4-5-16-17(10-14)25-13-24-16/h4-5,10,15H,6-9,11-13H2,1-3H3,(H2,19,20,21). The normalized spacial score (nSPS) is 21.4. The Morgan fingerprint density at radius 2 is 2.04 bits per heavy atom. The number of hydrogen-bond acceptors (Lipinski definition) is 5. The van der Waals surface area contributed by atoms with Gasteiger partial charge in [-0.1, -0.05) is 6.07 Å². The fourth-order valence-corrected chi connectivity index (χ4v) is 3.18. The summed E-state index contributed by atoms with van der Waals surface area (Å²) < 4.78 is 10.8. The third-order valence-electron chi connectivity index (χ3n) is 4.85. The number of rotatable bonds is 5. The predicted octanol–water partition coefficient (Wildman–Crippen LogP) is 0.369. The lowest BCUT2D eigenvalue weighted by Crippen LogP contribution is -2.55. The van der Waals surface area contributed by atoms with Crippen molar-refractivity contribution in [3.05, 3.63) is 23.8 Å². The average Bonchev–Trinajstić information content (AvgIpc) is 3.08. The van der Waals surface area contributed by atoms with Gasteiger partial charge in [0.2, 0.25) is 6.79 Å². The van der Waals surface area contributed by atoms with Gasteiger partial charge in [-0.05, 0) is 38.2 Å². The van der Waals surface area contributed by atoms with E-state index >= 15 is 0 Å². The molecule has 1 atom stereocenters. The Morgan fingerprint density at radius 1 is 1.20 bits per heavy atom. The highest BCUT2D eigenvalue weighted by atomic mass is 16.7. The molecule has 1 fully saturated rings. The van der Waals surface area contributed by atoms with Gasteiger partial charge in [0, 0.05) is 45.8 Å². The van der Waals surface area contributed by atoms with Crippen LogP contribution < -0.4 is 20.1 Å². The van der Waals surface area contributed by atoms with E-state index in [4.69, 9.17) is 9.47 Å². The van der Waals surface area contributed by atoms with Crippen molar-refractivity contribution in [1.29, 1.82) is 0 Å². The summed E-state index contributed by atoms with van der Waals surface area (Å²) in [6.45, 7) is 5.36. The van der Waals surface area contributed by atoms with Crippen LogP contribution in [0.4, 0.5) is 0 Å². The molecule has 0 spiro atoms. The minimum absolute atomic E-state index is 0.318. The molecule has 25 heavy (non-hydrogen) atoms. The van der Waals surface area contributed by atoms with Crippen molar-refractivity contribution in [3.63, 3.8) is 0 Å². The van der Waals surface area contributed by atoms with Crippen molar-refractivity contribution in [1.82, 2.24) is 20.4 Å². The first kappa shape index (κ1) is 17.8. The molecule has 7 nitrogen and oxygen atoms in total. The Morgan fingerprint density at radius 3 is 2.88 bits per heavy atom. The second kappa shape index (κ2) is 8.40. The van der Waals surface area contributed by atoms with E-state index in [1.807, 2.05) is 19.2 Å². The smallest absolute Gasteiger partial charge is 0.231 e. The van der Waals surface area contributed by atoms with Crippen LogP contribution in [0.5, 0.6) is 11.5 Å². The average molecular weight is 347 g/mol. The predicted molar refractivity (Wildman–Crippen MR) is 99.5 cm³/mol. The number of ether oxygens (including phenoxy) is 2. The van der Waals surface area contributed by atoms with Crippen LogP contribution in [0.1, 0.15) is 5.56 Å². The quantitative estimate of drug-likeness (QED) is 0.593. The summed E-state index contributed by atoms with van der Waals surface area (Å²) in [5, 5.41) is 6.83. The molecule has 1 saturated heterocycles. The van der Waals surface area contributed by atoms with Gasteiger partial charge in [0.15, 0.2) is 17.5 Å². The van der Waals surface area contributed by atoms with Gasteiger partial charge in [0.25, 0.3) is 0 Å². The first-order valence-corrected chi connectivity index (χ1v) is 8.87. The second-order valence-electron chi connectivity index (χ2n) is 6.71. The molecule has 0 aromatic heterocycles. The van der Waals surface area contributed by atoms with E-state index in [-0.39, 0.29) is 0 Å². The van der Waals surface area contributed by atoms with Crippen LogP contribution in [0.15, 0.2) is 23.2 Å². The number of nitrogens with one attached hydrogen (secondary N) is 2. The van der Waals surface area contributed by atoms with Crippen LogP contribution in [0.2, 0.25) is 0 Å². The van der Waals surface area contributed by atoms with Crippen molar-refractivity contribution >= 4 is 5.96 Å². The lowest BCUT2D eigenvalue weighted by molar-refractivity contribution is 0.116. The number of guanidine groups is 1. The first-order chi connectivity index (χ1) is 12.2. The molecule has 2 aliphatic heterocycles. The van der Waals surface area contributed by atoms with E-state index in [9.17, 15) is 0 Å². The fourth-order valence-electron chi connectivity index (χ4n) is 3.18. The molecule has 2 N–H and O–H groups in total. The number of likely N-dealkylation sites (N-methyl/N-ethyl adjacent to an activating group) is 2. The lowest BCUT2D eigenvalue weighted by atomic mass is 10.1. The Bertz CT molecular complexity index is 607. The van der Waals surface area contributed by atoms with E-state index in [1.54, 1.807) is 0 Å². The summed E-state index contributed by atoms with van der Waals surface area (Å²) in [6.07, 6.45) is 0.906.